The van der Waals surface area contributed by atoms with E-state index in [4.69, 9.17) is 27.8 Å². The van der Waals surface area contributed by atoms with Gasteiger partial charge in [-0.3, -0.25) is 4.79 Å². The van der Waals surface area contributed by atoms with Gasteiger partial charge in [-0.15, -0.1) is 0 Å². The highest BCUT2D eigenvalue weighted by Gasteiger charge is 2.64. The standard InChI is InChI=1S/C33H56O7Si2/c1-15-23(2)29(39-41(10,11)12)28(22-37-25(4)34)31(40-42(13,14)32(5,6)7)33(8)30(38-33)24(3)20-36-21-26-16-18-27(35-9)19-17-26/h15-19,24,28-31H,1-2,20-22H2,3-14H3/t24-,28-,29-,30+,31-,33+/m0/s1. The minimum atomic E-state index is -2.31. The molecule has 1 aromatic rings. The number of epoxide rings is 1. The smallest absolute Gasteiger partial charge is 0.302 e. The highest BCUT2D eigenvalue weighted by atomic mass is 28.4. The molecule has 1 aliphatic rings. The molecular formula is C33H56O7Si2. The van der Waals surface area contributed by atoms with Crippen LogP contribution in [-0.2, 0) is 34.5 Å². The third-order valence-corrected chi connectivity index (χ3v) is 13.8. The van der Waals surface area contributed by atoms with E-state index in [9.17, 15) is 4.79 Å². The van der Waals surface area contributed by atoms with Gasteiger partial charge in [0.15, 0.2) is 16.6 Å². The Labute approximate surface area is 257 Å². The normalized spacial score (nSPS) is 22.0. The first kappa shape index (κ1) is 36.4. The summed E-state index contributed by atoms with van der Waals surface area (Å²) < 4.78 is 37.6. The van der Waals surface area contributed by atoms with Crippen LogP contribution in [0.15, 0.2) is 49.1 Å². The molecule has 2 rings (SSSR count). The maximum Gasteiger partial charge on any atom is 0.302 e. The first-order chi connectivity index (χ1) is 19.3. The van der Waals surface area contributed by atoms with Crippen LogP contribution in [0.3, 0.4) is 0 Å². The molecule has 0 bridgehead atoms. The summed E-state index contributed by atoms with van der Waals surface area (Å²) in [5, 5.41) is -0.0460. The highest BCUT2D eigenvalue weighted by Crippen LogP contribution is 2.51. The fourth-order valence-corrected chi connectivity index (χ4v) is 7.41. The van der Waals surface area contributed by atoms with Crippen LogP contribution >= 0.6 is 0 Å². The quantitative estimate of drug-likeness (QED) is 0.0771. The van der Waals surface area contributed by atoms with E-state index in [2.05, 4.69) is 80.5 Å². The summed E-state index contributed by atoms with van der Waals surface area (Å²) in [5.74, 6) is 0.233. The summed E-state index contributed by atoms with van der Waals surface area (Å²) in [4.78, 5) is 12.1. The zero-order valence-corrected chi connectivity index (χ0v) is 30.2. The summed E-state index contributed by atoms with van der Waals surface area (Å²) in [6.45, 7) is 32.7. The number of esters is 1. The molecule has 0 unspecified atom stereocenters. The molecule has 6 atom stereocenters. The van der Waals surface area contributed by atoms with E-state index in [-0.39, 0.29) is 35.6 Å². The van der Waals surface area contributed by atoms with Gasteiger partial charge in [-0.25, -0.2) is 0 Å². The van der Waals surface area contributed by atoms with Gasteiger partial charge in [-0.2, -0.15) is 0 Å². The predicted octanol–water partition coefficient (Wildman–Crippen LogP) is 7.54. The van der Waals surface area contributed by atoms with Crippen molar-refractivity contribution >= 4 is 22.6 Å². The molecule has 0 N–H and O–H groups in total. The second kappa shape index (κ2) is 14.4. The lowest BCUT2D eigenvalue weighted by Crippen LogP contribution is -2.56. The van der Waals surface area contributed by atoms with E-state index in [0.29, 0.717) is 13.2 Å². The van der Waals surface area contributed by atoms with Crippen molar-refractivity contribution in [1.82, 2.24) is 0 Å². The van der Waals surface area contributed by atoms with Crippen LogP contribution in [0.1, 0.15) is 47.1 Å². The van der Waals surface area contributed by atoms with Gasteiger partial charge in [-0.1, -0.05) is 59.1 Å². The van der Waals surface area contributed by atoms with Crippen LogP contribution in [0.5, 0.6) is 5.75 Å². The maximum atomic E-state index is 12.1. The summed E-state index contributed by atoms with van der Waals surface area (Å²) in [5.41, 5.74) is 1.19. The lowest BCUT2D eigenvalue weighted by molar-refractivity contribution is -0.145. The molecule has 1 saturated heterocycles. The van der Waals surface area contributed by atoms with E-state index in [1.807, 2.05) is 24.3 Å². The molecule has 7 nitrogen and oxygen atoms in total. The van der Waals surface area contributed by atoms with E-state index in [1.165, 1.54) is 6.92 Å². The van der Waals surface area contributed by atoms with Crippen molar-refractivity contribution in [3.63, 3.8) is 0 Å². The van der Waals surface area contributed by atoms with Crippen molar-refractivity contribution in [2.24, 2.45) is 11.8 Å². The largest absolute Gasteiger partial charge is 0.497 e. The molecular weight excluding hydrogens is 565 g/mol. The van der Waals surface area contributed by atoms with Gasteiger partial charge in [0.2, 0.25) is 0 Å². The number of carbonyl (C=O) groups excluding carboxylic acids is 1. The van der Waals surface area contributed by atoms with E-state index in [0.717, 1.165) is 16.9 Å². The molecule has 42 heavy (non-hydrogen) atoms. The van der Waals surface area contributed by atoms with Crippen molar-refractivity contribution in [2.45, 2.75) is 110 Å². The highest BCUT2D eigenvalue weighted by molar-refractivity contribution is 6.74. The fourth-order valence-electron chi connectivity index (χ4n) is 4.93. The molecule has 0 saturated carbocycles. The number of hydrogen-bond acceptors (Lipinski definition) is 7. The van der Waals surface area contributed by atoms with Gasteiger partial charge in [0.1, 0.15) is 11.4 Å². The number of rotatable bonds is 17. The van der Waals surface area contributed by atoms with Crippen molar-refractivity contribution in [3.8, 4) is 5.75 Å². The topological polar surface area (TPSA) is 75.8 Å². The first-order valence-electron chi connectivity index (χ1n) is 14.9. The Balaban J connectivity index is 2.40. The molecule has 0 aliphatic carbocycles. The molecule has 0 radical (unpaired) electrons. The van der Waals surface area contributed by atoms with E-state index in [1.54, 1.807) is 13.2 Å². The van der Waals surface area contributed by atoms with Crippen LogP contribution in [0.4, 0.5) is 0 Å². The Hall–Kier alpha value is -1.76. The third-order valence-electron chi connectivity index (χ3n) is 8.37. The Kier molecular flexibility index (Phi) is 12.4. The summed E-state index contributed by atoms with van der Waals surface area (Å²) in [6, 6.07) is 7.89. The zero-order valence-electron chi connectivity index (χ0n) is 28.2. The summed E-state index contributed by atoms with van der Waals surface area (Å²) >= 11 is 0. The van der Waals surface area contributed by atoms with Gasteiger partial charge in [0.25, 0.3) is 0 Å². The van der Waals surface area contributed by atoms with Crippen LogP contribution < -0.4 is 4.74 Å². The minimum absolute atomic E-state index is 0.0460. The fraction of sp³-hybridized carbons (Fsp3) is 0.667. The van der Waals surface area contributed by atoms with E-state index < -0.39 is 34.4 Å². The number of methoxy groups -OCH3 is 1. The molecule has 1 aromatic carbocycles. The zero-order chi connectivity index (χ0) is 32.1. The second-order valence-electron chi connectivity index (χ2n) is 14.3. The Bertz CT molecular complexity index is 1060. The number of carbonyl (C=O) groups is 1. The molecule has 1 heterocycles. The van der Waals surface area contributed by atoms with Gasteiger partial charge in [0, 0.05) is 12.8 Å². The van der Waals surface area contributed by atoms with Crippen LogP contribution in [0.2, 0.25) is 37.8 Å². The Morgan fingerprint density at radius 2 is 1.69 bits per heavy atom. The Morgan fingerprint density at radius 3 is 2.17 bits per heavy atom. The van der Waals surface area contributed by atoms with Gasteiger partial charge in [-0.05, 0) is 68.0 Å². The molecule has 0 amide bonds. The molecule has 238 valence electrons. The minimum Gasteiger partial charge on any atom is -0.497 e. The van der Waals surface area contributed by atoms with E-state index >= 15 is 0 Å². The van der Waals surface area contributed by atoms with Crippen LogP contribution in [0, 0.1) is 11.8 Å². The van der Waals surface area contributed by atoms with Crippen molar-refractivity contribution < 1.29 is 32.6 Å². The third kappa shape index (κ3) is 9.89. The SMILES string of the molecule is C=CC(=C)[C@H](O[Si](C)(C)C)[C@H](COC(C)=O)[C@H](O[Si](C)(C)C(C)(C)C)[C@]1(C)O[C@@H]1[C@@H](C)COCc1ccc(OC)cc1. The van der Waals surface area contributed by atoms with Crippen molar-refractivity contribution in [1.29, 1.82) is 0 Å². The molecule has 1 aliphatic heterocycles. The predicted molar refractivity (Wildman–Crippen MR) is 175 cm³/mol. The number of benzene rings is 1. The number of hydrogen-bond donors (Lipinski definition) is 0. The maximum absolute atomic E-state index is 12.1. The average molecular weight is 621 g/mol. The Morgan fingerprint density at radius 1 is 1.10 bits per heavy atom. The van der Waals surface area contributed by atoms with Crippen LogP contribution in [0.25, 0.3) is 0 Å². The monoisotopic (exact) mass is 620 g/mol. The van der Waals surface area contributed by atoms with Crippen molar-refractivity contribution in [2.75, 3.05) is 20.3 Å². The summed E-state index contributed by atoms with van der Waals surface area (Å²) in [6.07, 6.45) is 0.780. The molecule has 9 heteroatoms. The van der Waals surface area contributed by atoms with Gasteiger partial charge >= 0.3 is 5.97 Å². The van der Waals surface area contributed by atoms with Gasteiger partial charge in [0.05, 0.1) is 51.2 Å². The van der Waals surface area contributed by atoms with Crippen LogP contribution in [-0.4, -0.2) is 66.8 Å². The van der Waals surface area contributed by atoms with Crippen molar-refractivity contribution in [3.05, 3.63) is 54.6 Å². The first-order valence-corrected chi connectivity index (χ1v) is 21.3. The molecule has 0 spiro atoms. The van der Waals surface area contributed by atoms with Gasteiger partial charge < -0.3 is 27.8 Å². The number of ether oxygens (including phenoxy) is 4. The lowest BCUT2D eigenvalue weighted by atomic mass is 9.82. The average Bonchev–Trinajstić information content (AvgIpc) is 3.58. The lowest BCUT2D eigenvalue weighted by Gasteiger charge is -2.45. The molecule has 1 fully saturated rings. The second-order valence-corrected chi connectivity index (χ2v) is 23.5. The summed E-state index contributed by atoms with van der Waals surface area (Å²) in [7, 11) is -2.71. The molecule has 0 aromatic heterocycles.